The van der Waals surface area contributed by atoms with Crippen LogP contribution in [0, 0.1) is 0 Å². The molecule has 3 atom stereocenters. The van der Waals surface area contributed by atoms with Gasteiger partial charge in [0.1, 0.15) is 0 Å². The van der Waals surface area contributed by atoms with Gasteiger partial charge in [-0.1, -0.05) is 35.5 Å². The summed E-state index contributed by atoms with van der Waals surface area (Å²) in [6.07, 6.45) is 5.93. The average Bonchev–Trinajstić information content (AvgIpc) is 3.58. The zero-order valence-corrected chi connectivity index (χ0v) is 14.6. The van der Waals surface area contributed by atoms with Crippen LogP contribution in [0.2, 0.25) is 0 Å². The lowest BCUT2D eigenvalue weighted by Gasteiger charge is -2.18. The molecule has 3 aliphatic rings. The number of rotatable bonds is 6. The Hall–Kier alpha value is -1.72. The molecule has 1 unspecified atom stereocenters. The van der Waals surface area contributed by atoms with Gasteiger partial charge in [0.15, 0.2) is 5.82 Å². The molecule has 0 radical (unpaired) electrons. The maximum atomic E-state index is 5.61. The van der Waals surface area contributed by atoms with Crippen LogP contribution in [0.1, 0.15) is 61.2 Å². The standard InChI is InChI=1S/C20H26N4O/c1-2-5-14(6-3-1)16-11-17(16)22-13-20(8-9-20)19-23-18(25-24-19)15-7-4-10-21-12-15/h1-3,5-6,15-17,21-22H,4,7-13H2/t15-,16?,17+/m1/s1. The first kappa shape index (κ1) is 15.5. The van der Waals surface area contributed by atoms with Crippen molar-refractivity contribution in [1.29, 1.82) is 0 Å². The third-order valence-corrected chi connectivity index (χ3v) is 6.14. The van der Waals surface area contributed by atoms with Crippen LogP contribution in [0.5, 0.6) is 0 Å². The van der Waals surface area contributed by atoms with Crippen molar-refractivity contribution < 1.29 is 4.52 Å². The first-order valence-electron chi connectivity index (χ1n) is 9.67. The quantitative estimate of drug-likeness (QED) is 0.848. The second kappa shape index (κ2) is 6.22. The van der Waals surface area contributed by atoms with Gasteiger partial charge in [0.2, 0.25) is 5.89 Å². The maximum Gasteiger partial charge on any atom is 0.231 e. The van der Waals surface area contributed by atoms with Gasteiger partial charge in [0.05, 0.1) is 5.92 Å². The van der Waals surface area contributed by atoms with Crippen molar-refractivity contribution in [3.8, 4) is 0 Å². The molecule has 3 fully saturated rings. The van der Waals surface area contributed by atoms with Crippen LogP contribution in [0.25, 0.3) is 0 Å². The van der Waals surface area contributed by atoms with Gasteiger partial charge in [0, 0.05) is 30.5 Å². The minimum Gasteiger partial charge on any atom is -0.339 e. The van der Waals surface area contributed by atoms with Gasteiger partial charge in [-0.05, 0) is 44.2 Å². The van der Waals surface area contributed by atoms with Crippen molar-refractivity contribution in [2.24, 2.45) is 0 Å². The molecule has 25 heavy (non-hydrogen) atoms. The number of aromatic nitrogens is 2. The van der Waals surface area contributed by atoms with Gasteiger partial charge in [0.25, 0.3) is 0 Å². The Labute approximate surface area is 148 Å². The summed E-state index contributed by atoms with van der Waals surface area (Å²) < 4.78 is 5.61. The Bertz CT molecular complexity index is 718. The smallest absolute Gasteiger partial charge is 0.231 e. The topological polar surface area (TPSA) is 63.0 Å². The van der Waals surface area contributed by atoms with E-state index in [1.165, 1.54) is 31.2 Å². The summed E-state index contributed by atoms with van der Waals surface area (Å²) in [6.45, 7) is 3.05. The summed E-state index contributed by atoms with van der Waals surface area (Å²) in [5.74, 6) is 2.83. The first-order valence-corrected chi connectivity index (χ1v) is 9.67. The lowest BCUT2D eigenvalue weighted by atomic mass is 9.99. The minimum atomic E-state index is 0.119. The SMILES string of the molecule is c1ccc(C2C[C@@H]2NCC2(c3noc([C@@H]4CCCNC4)n3)CC2)cc1. The second-order valence-electron chi connectivity index (χ2n) is 8.02. The number of hydrogen-bond acceptors (Lipinski definition) is 5. The third kappa shape index (κ3) is 3.11. The molecule has 0 spiro atoms. The van der Waals surface area contributed by atoms with Crippen molar-refractivity contribution in [3.05, 3.63) is 47.6 Å². The molecule has 0 bridgehead atoms. The molecule has 2 aromatic rings. The van der Waals surface area contributed by atoms with Crippen LogP contribution in [0.3, 0.4) is 0 Å². The van der Waals surface area contributed by atoms with Gasteiger partial charge in [-0.2, -0.15) is 4.98 Å². The van der Waals surface area contributed by atoms with Crippen LogP contribution in [0.15, 0.2) is 34.9 Å². The van der Waals surface area contributed by atoms with Crippen LogP contribution >= 0.6 is 0 Å². The molecule has 2 aliphatic carbocycles. The first-order chi connectivity index (χ1) is 12.3. The van der Waals surface area contributed by atoms with Gasteiger partial charge >= 0.3 is 0 Å². The second-order valence-corrected chi connectivity index (χ2v) is 8.02. The zero-order chi connectivity index (χ0) is 16.7. The predicted molar refractivity (Wildman–Crippen MR) is 95.6 cm³/mol. The largest absolute Gasteiger partial charge is 0.339 e. The molecule has 1 aromatic heterocycles. The number of hydrogen-bond donors (Lipinski definition) is 2. The van der Waals surface area contributed by atoms with Crippen LogP contribution in [-0.2, 0) is 5.41 Å². The van der Waals surface area contributed by atoms with Crippen molar-refractivity contribution in [2.75, 3.05) is 19.6 Å². The van der Waals surface area contributed by atoms with E-state index in [9.17, 15) is 0 Å². The fourth-order valence-corrected chi connectivity index (χ4v) is 4.13. The number of benzene rings is 1. The third-order valence-electron chi connectivity index (χ3n) is 6.14. The normalized spacial score (nSPS) is 30.2. The number of piperidine rings is 1. The molecule has 5 nitrogen and oxygen atoms in total. The van der Waals surface area contributed by atoms with E-state index in [-0.39, 0.29) is 5.41 Å². The van der Waals surface area contributed by atoms with Crippen molar-refractivity contribution in [1.82, 2.24) is 20.8 Å². The molecule has 1 aromatic carbocycles. The summed E-state index contributed by atoms with van der Waals surface area (Å²) in [7, 11) is 0. The summed E-state index contributed by atoms with van der Waals surface area (Å²) in [5, 5.41) is 11.5. The zero-order valence-electron chi connectivity index (χ0n) is 14.6. The fraction of sp³-hybridized carbons (Fsp3) is 0.600. The molecule has 132 valence electrons. The van der Waals surface area contributed by atoms with Crippen LogP contribution in [-0.4, -0.2) is 35.8 Å². The summed E-state index contributed by atoms with van der Waals surface area (Å²) in [6, 6.07) is 11.4. The van der Waals surface area contributed by atoms with E-state index < -0.39 is 0 Å². The Balaban J connectivity index is 1.20. The van der Waals surface area contributed by atoms with Gasteiger partial charge < -0.3 is 15.2 Å². The molecular weight excluding hydrogens is 312 g/mol. The lowest BCUT2D eigenvalue weighted by molar-refractivity contribution is 0.318. The van der Waals surface area contributed by atoms with E-state index in [1.54, 1.807) is 0 Å². The molecule has 2 N–H and O–H groups in total. The highest BCUT2D eigenvalue weighted by molar-refractivity contribution is 5.28. The molecule has 1 aliphatic heterocycles. The highest BCUT2D eigenvalue weighted by atomic mass is 16.5. The Kier molecular flexibility index (Phi) is 3.86. The number of nitrogens with zero attached hydrogens (tertiary/aromatic N) is 2. The van der Waals surface area contributed by atoms with E-state index in [0.29, 0.717) is 17.9 Å². The Morgan fingerprint density at radius 1 is 1.24 bits per heavy atom. The van der Waals surface area contributed by atoms with E-state index in [2.05, 4.69) is 46.1 Å². The molecule has 1 saturated heterocycles. The van der Waals surface area contributed by atoms with Crippen LogP contribution in [0.4, 0.5) is 0 Å². The Morgan fingerprint density at radius 2 is 2.12 bits per heavy atom. The van der Waals surface area contributed by atoms with E-state index in [0.717, 1.165) is 37.8 Å². The fourth-order valence-electron chi connectivity index (χ4n) is 4.13. The van der Waals surface area contributed by atoms with Crippen molar-refractivity contribution in [2.45, 2.75) is 55.4 Å². The highest BCUT2D eigenvalue weighted by Crippen LogP contribution is 2.48. The van der Waals surface area contributed by atoms with E-state index in [4.69, 9.17) is 9.51 Å². The lowest BCUT2D eigenvalue weighted by Crippen LogP contribution is -2.30. The average molecular weight is 338 g/mol. The maximum absolute atomic E-state index is 5.61. The summed E-state index contributed by atoms with van der Waals surface area (Å²) in [4.78, 5) is 4.79. The van der Waals surface area contributed by atoms with Gasteiger partial charge in [-0.15, -0.1) is 0 Å². The molecule has 5 heteroatoms. The Morgan fingerprint density at radius 3 is 2.88 bits per heavy atom. The molecule has 5 rings (SSSR count). The minimum absolute atomic E-state index is 0.119. The van der Waals surface area contributed by atoms with Gasteiger partial charge in [-0.25, -0.2) is 0 Å². The number of nitrogens with one attached hydrogen (secondary N) is 2. The molecule has 0 amide bonds. The molecular formula is C20H26N4O. The van der Waals surface area contributed by atoms with Crippen molar-refractivity contribution >= 4 is 0 Å². The van der Waals surface area contributed by atoms with E-state index in [1.807, 2.05) is 0 Å². The highest BCUT2D eigenvalue weighted by Gasteiger charge is 2.50. The predicted octanol–water partition coefficient (Wildman–Crippen LogP) is 2.71. The van der Waals surface area contributed by atoms with E-state index >= 15 is 0 Å². The monoisotopic (exact) mass is 338 g/mol. The molecule has 2 saturated carbocycles. The summed E-state index contributed by atoms with van der Waals surface area (Å²) in [5.41, 5.74) is 1.57. The van der Waals surface area contributed by atoms with Crippen molar-refractivity contribution in [3.63, 3.8) is 0 Å². The van der Waals surface area contributed by atoms with Crippen LogP contribution < -0.4 is 10.6 Å². The molecule has 2 heterocycles. The summed E-state index contributed by atoms with van der Waals surface area (Å²) >= 11 is 0. The van der Waals surface area contributed by atoms with Gasteiger partial charge in [-0.3, -0.25) is 0 Å².